The standard InChI is InChI=1S/C26H28F3NO6/c1-3-34-24(32)25(14-4-5-15-25)30-23(31)13-9-18-8-12-21(22(16-18)33-2)35-17-19-6-10-20(11-7-19)36-26(27,28)29/h6-13,16H,3-5,14-15,17H2,1-2H3,(H,30,31)/b13-9+. The number of carbonyl (C=O) groups excluding carboxylic acids is 2. The average molecular weight is 508 g/mol. The molecule has 0 saturated heterocycles. The number of halogens is 3. The third-order valence-electron chi connectivity index (χ3n) is 5.65. The number of ether oxygens (including phenoxy) is 4. The van der Waals surface area contributed by atoms with Crippen molar-refractivity contribution in [3.63, 3.8) is 0 Å². The van der Waals surface area contributed by atoms with Gasteiger partial charge in [-0.25, -0.2) is 4.79 Å². The second kappa shape index (κ2) is 11.8. The van der Waals surface area contributed by atoms with Crippen molar-refractivity contribution < 1.29 is 41.7 Å². The Morgan fingerprint density at radius 2 is 1.75 bits per heavy atom. The molecule has 1 amide bonds. The van der Waals surface area contributed by atoms with E-state index in [1.54, 1.807) is 31.2 Å². The number of amides is 1. The zero-order valence-corrected chi connectivity index (χ0v) is 20.0. The van der Waals surface area contributed by atoms with Crippen LogP contribution in [-0.2, 0) is 20.9 Å². The topological polar surface area (TPSA) is 83.1 Å². The number of methoxy groups -OCH3 is 1. The Morgan fingerprint density at radius 3 is 2.36 bits per heavy atom. The minimum absolute atomic E-state index is 0.0934. The van der Waals surface area contributed by atoms with Crippen molar-refractivity contribution in [2.24, 2.45) is 0 Å². The fourth-order valence-electron chi connectivity index (χ4n) is 3.93. The van der Waals surface area contributed by atoms with E-state index in [4.69, 9.17) is 14.2 Å². The van der Waals surface area contributed by atoms with Crippen molar-refractivity contribution in [1.82, 2.24) is 5.32 Å². The average Bonchev–Trinajstić information content (AvgIpc) is 3.31. The number of benzene rings is 2. The van der Waals surface area contributed by atoms with E-state index in [0.717, 1.165) is 12.8 Å². The molecule has 0 unspecified atom stereocenters. The summed E-state index contributed by atoms with van der Waals surface area (Å²) in [6.45, 7) is 2.07. The van der Waals surface area contributed by atoms with Crippen molar-refractivity contribution in [1.29, 1.82) is 0 Å². The summed E-state index contributed by atoms with van der Waals surface area (Å²) in [6.07, 6.45) is 0.960. The second-order valence-electron chi connectivity index (χ2n) is 8.22. The van der Waals surface area contributed by atoms with Gasteiger partial charge in [-0.3, -0.25) is 4.79 Å². The lowest BCUT2D eigenvalue weighted by molar-refractivity contribution is -0.274. The van der Waals surface area contributed by atoms with Crippen LogP contribution >= 0.6 is 0 Å². The Balaban J connectivity index is 1.61. The van der Waals surface area contributed by atoms with Crippen LogP contribution < -0.4 is 19.5 Å². The predicted molar refractivity (Wildman–Crippen MR) is 125 cm³/mol. The third kappa shape index (κ3) is 7.40. The van der Waals surface area contributed by atoms with E-state index in [1.165, 1.54) is 37.5 Å². The molecule has 194 valence electrons. The van der Waals surface area contributed by atoms with Crippen molar-refractivity contribution in [3.8, 4) is 17.2 Å². The fraction of sp³-hybridized carbons (Fsp3) is 0.385. The Hall–Kier alpha value is -3.69. The molecule has 1 saturated carbocycles. The van der Waals surface area contributed by atoms with Crippen LogP contribution in [-0.4, -0.2) is 37.5 Å². The molecule has 7 nitrogen and oxygen atoms in total. The normalized spacial score (nSPS) is 14.9. The van der Waals surface area contributed by atoms with Gasteiger partial charge in [0.25, 0.3) is 0 Å². The maximum absolute atomic E-state index is 12.5. The maximum Gasteiger partial charge on any atom is 0.573 e. The molecule has 0 heterocycles. The number of carbonyl (C=O) groups is 2. The van der Waals surface area contributed by atoms with Crippen LogP contribution in [0.15, 0.2) is 48.5 Å². The second-order valence-corrected chi connectivity index (χ2v) is 8.22. The number of nitrogens with one attached hydrogen (secondary N) is 1. The van der Waals surface area contributed by atoms with Gasteiger partial charge in [0.05, 0.1) is 13.7 Å². The molecule has 36 heavy (non-hydrogen) atoms. The molecule has 0 bridgehead atoms. The molecule has 1 aliphatic rings. The van der Waals surface area contributed by atoms with E-state index in [0.29, 0.717) is 35.5 Å². The SMILES string of the molecule is CCOC(=O)C1(NC(=O)/C=C/c2ccc(OCc3ccc(OC(F)(F)F)cc3)c(OC)c2)CCCC1. The Labute approximate surface area is 207 Å². The number of hydrogen-bond donors (Lipinski definition) is 1. The molecule has 0 aromatic heterocycles. The molecule has 1 fully saturated rings. The first-order valence-electron chi connectivity index (χ1n) is 11.5. The van der Waals surface area contributed by atoms with Gasteiger partial charge >= 0.3 is 12.3 Å². The van der Waals surface area contributed by atoms with Gasteiger partial charge in [0.2, 0.25) is 5.91 Å². The van der Waals surface area contributed by atoms with Gasteiger partial charge in [-0.15, -0.1) is 13.2 Å². The summed E-state index contributed by atoms with van der Waals surface area (Å²) in [5.74, 6) is -0.294. The van der Waals surface area contributed by atoms with Crippen LogP contribution in [0.5, 0.6) is 17.2 Å². The van der Waals surface area contributed by atoms with E-state index in [2.05, 4.69) is 10.1 Å². The lowest BCUT2D eigenvalue weighted by Gasteiger charge is -2.27. The number of esters is 1. The summed E-state index contributed by atoms with van der Waals surface area (Å²) in [6, 6.07) is 10.4. The molecular formula is C26H28F3NO6. The largest absolute Gasteiger partial charge is 0.573 e. The Bertz CT molecular complexity index is 1080. The molecule has 10 heteroatoms. The first-order valence-corrected chi connectivity index (χ1v) is 11.5. The molecule has 2 aromatic carbocycles. The number of hydrogen-bond acceptors (Lipinski definition) is 6. The quantitative estimate of drug-likeness (QED) is 0.353. The van der Waals surface area contributed by atoms with Crippen LogP contribution in [0.1, 0.15) is 43.7 Å². The molecule has 1 aliphatic carbocycles. The summed E-state index contributed by atoms with van der Waals surface area (Å²) in [5, 5.41) is 2.81. The molecule has 0 spiro atoms. The van der Waals surface area contributed by atoms with E-state index in [-0.39, 0.29) is 19.0 Å². The third-order valence-corrected chi connectivity index (χ3v) is 5.65. The van der Waals surface area contributed by atoms with Gasteiger partial charge in [0.15, 0.2) is 11.5 Å². The Morgan fingerprint density at radius 1 is 1.06 bits per heavy atom. The van der Waals surface area contributed by atoms with E-state index < -0.39 is 23.8 Å². The number of alkyl halides is 3. The highest BCUT2D eigenvalue weighted by atomic mass is 19.4. The monoisotopic (exact) mass is 507 g/mol. The highest BCUT2D eigenvalue weighted by Crippen LogP contribution is 2.32. The van der Waals surface area contributed by atoms with Crippen LogP contribution in [0, 0.1) is 0 Å². The van der Waals surface area contributed by atoms with Gasteiger partial charge in [-0.05, 0) is 61.2 Å². The molecule has 0 radical (unpaired) electrons. The molecule has 3 rings (SSSR count). The summed E-state index contributed by atoms with van der Waals surface area (Å²) < 4.78 is 57.0. The summed E-state index contributed by atoms with van der Waals surface area (Å²) in [7, 11) is 1.47. The predicted octanol–water partition coefficient (Wildman–Crippen LogP) is 5.18. The lowest BCUT2D eigenvalue weighted by Crippen LogP contribution is -2.52. The van der Waals surface area contributed by atoms with E-state index in [9.17, 15) is 22.8 Å². The van der Waals surface area contributed by atoms with Crippen LogP contribution in [0.2, 0.25) is 0 Å². The van der Waals surface area contributed by atoms with Crippen LogP contribution in [0.3, 0.4) is 0 Å². The Kier molecular flexibility index (Phi) is 8.84. The van der Waals surface area contributed by atoms with Crippen molar-refractivity contribution in [3.05, 3.63) is 59.7 Å². The summed E-state index contributed by atoms with van der Waals surface area (Å²) in [4.78, 5) is 24.9. The maximum atomic E-state index is 12.5. The van der Waals surface area contributed by atoms with Gasteiger partial charge in [0, 0.05) is 6.08 Å². The van der Waals surface area contributed by atoms with Crippen LogP contribution in [0.4, 0.5) is 13.2 Å². The van der Waals surface area contributed by atoms with Crippen LogP contribution in [0.25, 0.3) is 6.08 Å². The smallest absolute Gasteiger partial charge is 0.493 e. The number of rotatable bonds is 10. The van der Waals surface area contributed by atoms with Gasteiger partial charge < -0.3 is 24.3 Å². The molecular weight excluding hydrogens is 479 g/mol. The van der Waals surface area contributed by atoms with E-state index >= 15 is 0 Å². The zero-order valence-electron chi connectivity index (χ0n) is 20.0. The minimum atomic E-state index is -4.75. The first-order chi connectivity index (χ1) is 17.1. The van der Waals surface area contributed by atoms with Crippen molar-refractivity contribution in [2.75, 3.05) is 13.7 Å². The van der Waals surface area contributed by atoms with E-state index in [1.807, 2.05) is 0 Å². The summed E-state index contributed by atoms with van der Waals surface area (Å²) in [5.41, 5.74) is 0.318. The highest BCUT2D eigenvalue weighted by molar-refractivity contribution is 5.96. The minimum Gasteiger partial charge on any atom is -0.493 e. The summed E-state index contributed by atoms with van der Waals surface area (Å²) >= 11 is 0. The fourth-order valence-corrected chi connectivity index (χ4v) is 3.93. The van der Waals surface area contributed by atoms with Gasteiger partial charge in [0.1, 0.15) is 17.9 Å². The van der Waals surface area contributed by atoms with Crippen molar-refractivity contribution >= 4 is 18.0 Å². The zero-order chi connectivity index (χ0) is 26.2. The van der Waals surface area contributed by atoms with Crippen molar-refractivity contribution in [2.45, 2.75) is 51.1 Å². The molecule has 1 N–H and O–H groups in total. The molecule has 0 atom stereocenters. The van der Waals surface area contributed by atoms with Gasteiger partial charge in [-0.1, -0.05) is 31.0 Å². The first kappa shape index (κ1) is 26.9. The van der Waals surface area contributed by atoms with Gasteiger partial charge in [-0.2, -0.15) is 0 Å². The highest BCUT2D eigenvalue weighted by Gasteiger charge is 2.43. The lowest BCUT2D eigenvalue weighted by atomic mass is 9.97. The molecule has 2 aromatic rings. The molecule has 0 aliphatic heterocycles.